The molecule has 0 saturated carbocycles. The highest BCUT2D eigenvalue weighted by Crippen LogP contribution is 2.08. The largest absolute Gasteiger partial charge is 0.347 e. The van der Waals surface area contributed by atoms with Crippen molar-refractivity contribution in [3.8, 4) is 0 Å². The Labute approximate surface area is 112 Å². The van der Waals surface area contributed by atoms with Crippen LogP contribution in [0.4, 0.5) is 0 Å². The van der Waals surface area contributed by atoms with E-state index in [0.717, 1.165) is 24.3 Å². The third kappa shape index (κ3) is 5.31. The van der Waals surface area contributed by atoms with Gasteiger partial charge in [-0.15, -0.1) is 11.3 Å². The second kappa shape index (κ2) is 7.87. The van der Waals surface area contributed by atoms with E-state index >= 15 is 0 Å². The van der Waals surface area contributed by atoms with Gasteiger partial charge in [0.15, 0.2) is 0 Å². The molecule has 4 nitrogen and oxygen atoms in total. The van der Waals surface area contributed by atoms with Gasteiger partial charge in [0, 0.05) is 18.5 Å². The SMILES string of the molecule is CCCCN(C)C(=O)CNC(=O)Cc1cccs1. The second-order valence-electron chi connectivity index (χ2n) is 4.20. The molecule has 0 unspecified atom stereocenters. The maximum atomic E-state index is 11.7. The van der Waals surface area contributed by atoms with Gasteiger partial charge in [0.05, 0.1) is 13.0 Å². The molecule has 0 aliphatic heterocycles. The highest BCUT2D eigenvalue weighted by atomic mass is 32.1. The molecular formula is C13H20N2O2S. The summed E-state index contributed by atoms with van der Waals surface area (Å²) in [6, 6.07) is 3.83. The van der Waals surface area contributed by atoms with Gasteiger partial charge in [-0.2, -0.15) is 0 Å². The average molecular weight is 268 g/mol. The van der Waals surface area contributed by atoms with Crippen LogP contribution in [-0.4, -0.2) is 36.9 Å². The number of hydrogen-bond acceptors (Lipinski definition) is 3. The number of likely N-dealkylation sites (N-methyl/N-ethyl adjacent to an activating group) is 1. The van der Waals surface area contributed by atoms with Crippen molar-refractivity contribution in [2.75, 3.05) is 20.1 Å². The van der Waals surface area contributed by atoms with Crippen LogP contribution in [0.15, 0.2) is 17.5 Å². The van der Waals surface area contributed by atoms with Crippen LogP contribution in [-0.2, 0) is 16.0 Å². The molecule has 0 fully saturated rings. The Kier molecular flexibility index (Phi) is 6.43. The van der Waals surface area contributed by atoms with E-state index in [1.165, 1.54) is 0 Å². The van der Waals surface area contributed by atoms with E-state index in [1.807, 2.05) is 17.5 Å². The van der Waals surface area contributed by atoms with Crippen molar-refractivity contribution >= 4 is 23.2 Å². The fourth-order valence-electron chi connectivity index (χ4n) is 1.46. The van der Waals surface area contributed by atoms with E-state index in [-0.39, 0.29) is 18.4 Å². The molecule has 2 amide bonds. The fourth-order valence-corrected chi connectivity index (χ4v) is 2.17. The number of carbonyl (C=O) groups excluding carboxylic acids is 2. The van der Waals surface area contributed by atoms with Crippen LogP contribution < -0.4 is 5.32 Å². The molecular weight excluding hydrogens is 248 g/mol. The van der Waals surface area contributed by atoms with Crippen LogP contribution in [0.2, 0.25) is 0 Å². The van der Waals surface area contributed by atoms with E-state index < -0.39 is 0 Å². The Morgan fingerprint density at radius 1 is 1.44 bits per heavy atom. The number of carbonyl (C=O) groups is 2. The molecule has 1 aromatic heterocycles. The first-order valence-corrected chi connectivity index (χ1v) is 7.04. The Bertz CT molecular complexity index is 376. The van der Waals surface area contributed by atoms with Crippen LogP contribution in [0.1, 0.15) is 24.6 Å². The first-order valence-electron chi connectivity index (χ1n) is 6.16. The van der Waals surface area contributed by atoms with Gasteiger partial charge in [-0.25, -0.2) is 0 Å². The zero-order valence-corrected chi connectivity index (χ0v) is 11.8. The summed E-state index contributed by atoms with van der Waals surface area (Å²) in [6.07, 6.45) is 2.40. The molecule has 0 saturated heterocycles. The molecule has 0 bridgehead atoms. The van der Waals surface area contributed by atoms with Crippen molar-refractivity contribution in [1.29, 1.82) is 0 Å². The molecule has 100 valence electrons. The van der Waals surface area contributed by atoms with E-state index in [4.69, 9.17) is 0 Å². The molecule has 0 atom stereocenters. The molecule has 0 radical (unpaired) electrons. The summed E-state index contributed by atoms with van der Waals surface area (Å²) in [5, 5.41) is 4.59. The quantitative estimate of drug-likeness (QED) is 0.817. The molecule has 0 spiro atoms. The first-order chi connectivity index (χ1) is 8.63. The number of amides is 2. The lowest BCUT2D eigenvalue weighted by Gasteiger charge is -2.16. The Hall–Kier alpha value is -1.36. The zero-order valence-electron chi connectivity index (χ0n) is 10.9. The number of thiophene rings is 1. The number of rotatable bonds is 7. The van der Waals surface area contributed by atoms with Gasteiger partial charge >= 0.3 is 0 Å². The third-order valence-electron chi connectivity index (χ3n) is 2.62. The van der Waals surface area contributed by atoms with Crippen LogP contribution in [0.3, 0.4) is 0 Å². The molecule has 18 heavy (non-hydrogen) atoms. The highest BCUT2D eigenvalue weighted by Gasteiger charge is 2.10. The summed E-state index contributed by atoms with van der Waals surface area (Å²) in [4.78, 5) is 25.9. The van der Waals surface area contributed by atoms with Crippen molar-refractivity contribution in [2.45, 2.75) is 26.2 Å². The molecule has 1 N–H and O–H groups in total. The molecule has 5 heteroatoms. The summed E-state index contributed by atoms with van der Waals surface area (Å²) in [5.41, 5.74) is 0. The molecule has 0 aliphatic rings. The van der Waals surface area contributed by atoms with Gasteiger partial charge in [-0.3, -0.25) is 9.59 Å². The summed E-state index contributed by atoms with van der Waals surface area (Å²) < 4.78 is 0. The van der Waals surface area contributed by atoms with E-state index in [0.29, 0.717) is 6.42 Å². The van der Waals surface area contributed by atoms with Gasteiger partial charge in [0.1, 0.15) is 0 Å². The standard InChI is InChI=1S/C13H20N2O2S/c1-3-4-7-15(2)13(17)10-14-12(16)9-11-6-5-8-18-11/h5-6,8H,3-4,7,9-10H2,1-2H3,(H,14,16). The topological polar surface area (TPSA) is 49.4 Å². The van der Waals surface area contributed by atoms with Gasteiger partial charge in [0.2, 0.25) is 11.8 Å². The Morgan fingerprint density at radius 2 is 2.22 bits per heavy atom. The lowest BCUT2D eigenvalue weighted by Crippen LogP contribution is -2.38. The smallest absolute Gasteiger partial charge is 0.241 e. The number of nitrogens with zero attached hydrogens (tertiary/aromatic N) is 1. The minimum atomic E-state index is -0.102. The number of unbranched alkanes of at least 4 members (excludes halogenated alkanes) is 1. The molecule has 1 aromatic rings. The van der Waals surface area contributed by atoms with Crippen LogP contribution in [0.25, 0.3) is 0 Å². The third-order valence-corrected chi connectivity index (χ3v) is 3.50. The highest BCUT2D eigenvalue weighted by molar-refractivity contribution is 7.10. The van der Waals surface area contributed by atoms with Crippen molar-refractivity contribution in [1.82, 2.24) is 10.2 Å². The van der Waals surface area contributed by atoms with E-state index in [9.17, 15) is 9.59 Å². The normalized spacial score (nSPS) is 10.1. The van der Waals surface area contributed by atoms with Crippen molar-refractivity contribution in [3.63, 3.8) is 0 Å². The Balaban J connectivity index is 2.23. The van der Waals surface area contributed by atoms with Crippen LogP contribution >= 0.6 is 11.3 Å². The Morgan fingerprint density at radius 3 is 2.83 bits per heavy atom. The molecule has 1 rings (SSSR count). The van der Waals surface area contributed by atoms with Crippen molar-refractivity contribution < 1.29 is 9.59 Å². The monoisotopic (exact) mass is 268 g/mol. The lowest BCUT2D eigenvalue weighted by atomic mass is 10.3. The van der Waals surface area contributed by atoms with E-state index in [2.05, 4.69) is 12.2 Å². The molecule has 0 aliphatic carbocycles. The zero-order chi connectivity index (χ0) is 13.4. The molecule has 0 aromatic carbocycles. The van der Waals surface area contributed by atoms with Gasteiger partial charge in [-0.05, 0) is 17.9 Å². The molecule has 1 heterocycles. The maximum absolute atomic E-state index is 11.7. The van der Waals surface area contributed by atoms with Gasteiger partial charge in [-0.1, -0.05) is 19.4 Å². The predicted octanol–water partition coefficient (Wildman–Crippen LogP) is 1.67. The summed E-state index contributed by atoms with van der Waals surface area (Å²) >= 11 is 1.55. The van der Waals surface area contributed by atoms with Gasteiger partial charge in [0.25, 0.3) is 0 Å². The van der Waals surface area contributed by atoms with Crippen molar-refractivity contribution in [3.05, 3.63) is 22.4 Å². The van der Waals surface area contributed by atoms with E-state index in [1.54, 1.807) is 23.3 Å². The summed E-state index contributed by atoms with van der Waals surface area (Å²) in [7, 11) is 1.77. The van der Waals surface area contributed by atoms with Gasteiger partial charge < -0.3 is 10.2 Å². The average Bonchev–Trinajstić information content (AvgIpc) is 2.85. The number of hydrogen-bond donors (Lipinski definition) is 1. The maximum Gasteiger partial charge on any atom is 0.241 e. The predicted molar refractivity (Wildman–Crippen MR) is 73.6 cm³/mol. The summed E-state index contributed by atoms with van der Waals surface area (Å²) in [5.74, 6) is -0.141. The lowest BCUT2D eigenvalue weighted by molar-refractivity contribution is -0.131. The second-order valence-corrected chi connectivity index (χ2v) is 5.23. The van der Waals surface area contributed by atoms with Crippen molar-refractivity contribution in [2.24, 2.45) is 0 Å². The van der Waals surface area contributed by atoms with Crippen LogP contribution in [0, 0.1) is 0 Å². The summed E-state index contributed by atoms with van der Waals surface area (Å²) in [6.45, 7) is 2.92. The fraction of sp³-hybridized carbons (Fsp3) is 0.538. The van der Waals surface area contributed by atoms with Crippen LogP contribution in [0.5, 0.6) is 0 Å². The first kappa shape index (κ1) is 14.7. The minimum absolute atomic E-state index is 0.0389. The minimum Gasteiger partial charge on any atom is -0.347 e. The number of nitrogens with one attached hydrogen (secondary N) is 1.